The zero-order valence-electron chi connectivity index (χ0n) is 11.0. The van der Waals surface area contributed by atoms with Gasteiger partial charge in [-0.2, -0.15) is 0 Å². The highest BCUT2D eigenvalue weighted by Crippen LogP contribution is 2.33. The van der Waals surface area contributed by atoms with Gasteiger partial charge in [0, 0.05) is 11.3 Å². The maximum absolute atomic E-state index is 12.1. The van der Waals surface area contributed by atoms with E-state index in [9.17, 15) is 4.79 Å². The summed E-state index contributed by atoms with van der Waals surface area (Å²) < 4.78 is 5.63. The molecule has 1 amide bonds. The first-order chi connectivity index (χ1) is 9.77. The predicted molar refractivity (Wildman–Crippen MR) is 77.7 cm³/mol. The summed E-state index contributed by atoms with van der Waals surface area (Å²) in [4.78, 5) is 13.8. The van der Waals surface area contributed by atoms with Crippen molar-refractivity contribution in [3.8, 4) is 5.75 Å². The maximum Gasteiger partial charge on any atom is 0.248 e. The van der Waals surface area contributed by atoms with Gasteiger partial charge in [0.1, 0.15) is 18.4 Å². The minimum Gasteiger partial charge on any atom is -0.492 e. The number of carbonyl (C=O) groups is 1. The first kappa shape index (κ1) is 12.7. The molecule has 3 rings (SSSR count). The topological polar surface area (TPSA) is 55.6 Å². The van der Waals surface area contributed by atoms with Gasteiger partial charge in [-0.1, -0.05) is 36.4 Å². The van der Waals surface area contributed by atoms with Crippen molar-refractivity contribution in [3.05, 3.63) is 60.2 Å². The van der Waals surface area contributed by atoms with Crippen LogP contribution < -0.4 is 15.4 Å². The van der Waals surface area contributed by atoms with Gasteiger partial charge in [0.2, 0.25) is 5.91 Å². The Morgan fingerprint density at radius 3 is 2.55 bits per heavy atom. The molecule has 1 aliphatic heterocycles. The molecule has 0 saturated heterocycles. The molecule has 0 fully saturated rings. The highest BCUT2D eigenvalue weighted by Gasteiger charge is 2.33. The zero-order valence-corrected chi connectivity index (χ0v) is 11.0. The zero-order chi connectivity index (χ0) is 13.9. The monoisotopic (exact) mass is 268 g/mol. The second kappa shape index (κ2) is 5.35. The number of amides is 1. The van der Waals surface area contributed by atoms with Gasteiger partial charge in [0.15, 0.2) is 0 Å². The lowest BCUT2D eigenvalue weighted by Gasteiger charge is -2.17. The number of anilines is 1. The van der Waals surface area contributed by atoms with Crippen molar-refractivity contribution in [2.75, 3.05) is 18.1 Å². The molecule has 20 heavy (non-hydrogen) atoms. The number of rotatable bonds is 4. The summed E-state index contributed by atoms with van der Waals surface area (Å²) in [5, 5.41) is 0. The third kappa shape index (κ3) is 2.26. The fraction of sp³-hybridized carbons (Fsp3) is 0.188. The molecular formula is C16H16N2O2. The number of benzene rings is 2. The minimum atomic E-state index is -0.553. The number of para-hydroxylation sites is 2. The van der Waals surface area contributed by atoms with E-state index in [4.69, 9.17) is 10.5 Å². The standard InChI is InChI=1S/C16H16N2O2/c17-15-13-8-4-5-9-14(13)18(16(15)19)10-11-20-12-6-2-1-3-7-12/h1-9,15H,10-11,17H2. The molecule has 0 aromatic heterocycles. The third-order valence-electron chi connectivity index (χ3n) is 3.42. The molecule has 0 spiro atoms. The smallest absolute Gasteiger partial charge is 0.248 e. The Balaban J connectivity index is 1.68. The second-order valence-corrected chi connectivity index (χ2v) is 4.69. The van der Waals surface area contributed by atoms with E-state index < -0.39 is 6.04 Å². The largest absolute Gasteiger partial charge is 0.492 e. The van der Waals surface area contributed by atoms with Crippen LogP contribution >= 0.6 is 0 Å². The molecule has 0 radical (unpaired) electrons. The summed E-state index contributed by atoms with van der Waals surface area (Å²) >= 11 is 0. The molecule has 0 aliphatic carbocycles. The average Bonchev–Trinajstić information content (AvgIpc) is 2.74. The first-order valence-corrected chi connectivity index (χ1v) is 6.61. The summed E-state index contributed by atoms with van der Waals surface area (Å²) in [5.74, 6) is 0.736. The van der Waals surface area contributed by atoms with E-state index in [1.807, 2.05) is 54.6 Å². The van der Waals surface area contributed by atoms with Crippen LogP contribution in [0.5, 0.6) is 5.75 Å². The molecular weight excluding hydrogens is 252 g/mol. The van der Waals surface area contributed by atoms with Crippen molar-refractivity contribution >= 4 is 11.6 Å². The maximum atomic E-state index is 12.1. The van der Waals surface area contributed by atoms with Gasteiger partial charge < -0.3 is 15.4 Å². The summed E-state index contributed by atoms with van der Waals surface area (Å²) in [6, 6.07) is 16.6. The van der Waals surface area contributed by atoms with Crippen LogP contribution in [0.1, 0.15) is 11.6 Å². The Morgan fingerprint density at radius 2 is 1.75 bits per heavy atom. The fourth-order valence-corrected chi connectivity index (χ4v) is 2.42. The van der Waals surface area contributed by atoms with E-state index in [-0.39, 0.29) is 5.91 Å². The van der Waals surface area contributed by atoms with Crippen molar-refractivity contribution in [2.24, 2.45) is 5.73 Å². The summed E-state index contributed by atoms with van der Waals surface area (Å²) in [7, 11) is 0. The van der Waals surface area contributed by atoms with Gasteiger partial charge in [-0.3, -0.25) is 4.79 Å². The predicted octanol–water partition coefficient (Wildman–Crippen LogP) is 2.11. The number of fused-ring (bicyclic) bond motifs is 1. The van der Waals surface area contributed by atoms with Crippen molar-refractivity contribution in [2.45, 2.75) is 6.04 Å². The van der Waals surface area contributed by atoms with Crippen molar-refractivity contribution in [3.63, 3.8) is 0 Å². The normalized spacial score (nSPS) is 17.1. The molecule has 2 N–H and O–H groups in total. The minimum absolute atomic E-state index is 0.0668. The Bertz CT molecular complexity index is 613. The van der Waals surface area contributed by atoms with Crippen LogP contribution in [0.2, 0.25) is 0 Å². The van der Waals surface area contributed by atoms with Crippen LogP contribution in [-0.2, 0) is 4.79 Å². The van der Waals surface area contributed by atoms with E-state index in [0.717, 1.165) is 17.0 Å². The van der Waals surface area contributed by atoms with E-state index in [1.165, 1.54) is 0 Å². The van der Waals surface area contributed by atoms with Crippen molar-refractivity contribution in [1.29, 1.82) is 0 Å². The van der Waals surface area contributed by atoms with Gasteiger partial charge >= 0.3 is 0 Å². The molecule has 4 heteroatoms. The molecule has 1 atom stereocenters. The number of hydrogen-bond donors (Lipinski definition) is 1. The quantitative estimate of drug-likeness (QED) is 0.924. The van der Waals surface area contributed by atoms with Crippen molar-refractivity contribution in [1.82, 2.24) is 0 Å². The lowest BCUT2D eigenvalue weighted by atomic mass is 10.1. The van der Waals surface area contributed by atoms with E-state index in [1.54, 1.807) is 4.90 Å². The van der Waals surface area contributed by atoms with E-state index >= 15 is 0 Å². The molecule has 1 unspecified atom stereocenters. The van der Waals surface area contributed by atoms with Crippen molar-refractivity contribution < 1.29 is 9.53 Å². The fourth-order valence-electron chi connectivity index (χ4n) is 2.42. The SMILES string of the molecule is NC1C(=O)N(CCOc2ccccc2)c2ccccc21. The van der Waals surface area contributed by atoms with Crippen LogP contribution in [0.25, 0.3) is 0 Å². The Hall–Kier alpha value is -2.33. The van der Waals surface area contributed by atoms with Crippen LogP contribution in [0.4, 0.5) is 5.69 Å². The molecule has 2 aromatic carbocycles. The van der Waals surface area contributed by atoms with Crippen LogP contribution in [0.3, 0.4) is 0 Å². The molecule has 1 aliphatic rings. The number of hydrogen-bond acceptors (Lipinski definition) is 3. The van der Waals surface area contributed by atoms with E-state index in [0.29, 0.717) is 13.2 Å². The summed E-state index contributed by atoms with van der Waals surface area (Å²) in [6.07, 6.45) is 0. The summed E-state index contributed by atoms with van der Waals surface area (Å²) in [6.45, 7) is 0.940. The Morgan fingerprint density at radius 1 is 1.05 bits per heavy atom. The van der Waals surface area contributed by atoms with Crippen LogP contribution in [0.15, 0.2) is 54.6 Å². The number of nitrogens with zero attached hydrogens (tertiary/aromatic N) is 1. The third-order valence-corrected chi connectivity index (χ3v) is 3.42. The molecule has 102 valence electrons. The molecule has 2 aromatic rings. The van der Waals surface area contributed by atoms with E-state index in [2.05, 4.69) is 0 Å². The van der Waals surface area contributed by atoms with Gasteiger partial charge in [-0.05, 0) is 18.2 Å². The Kier molecular flexibility index (Phi) is 3.39. The lowest BCUT2D eigenvalue weighted by molar-refractivity contribution is -0.119. The Labute approximate surface area is 117 Å². The number of nitrogens with two attached hydrogens (primary N) is 1. The van der Waals surface area contributed by atoms with Gasteiger partial charge in [0.05, 0.1) is 6.54 Å². The molecule has 4 nitrogen and oxygen atoms in total. The molecule has 0 saturated carbocycles. The van der Waals surface area contributed by atoms with Gasteiger partial charge in [-0.25, -0.2) is 0 Å². The molecule has 0 bridgehead atoms. The summed E-state index contributed by atoms with van der Waals surface area (Å²) in [5.41, 5.74) is 7.71. The number of carbonyl (C=O) groups excluding carboxylic acids is 1. The average molecular weight is 268 g/mol. The highest BCUT2D eigenvalue weighted by molar-refractivity contribution is 6.04. The second-order valence-electron chi connectivity index (χ2n) is 4.69. The first-order valence-electron chi connectivity index (χ1n) is 6.61. The number of ether oxygens (including phenoxy) is 1. The van der Waals surface area contributed by atoms with Gasteiger partial charge in [0.25, 0.3) is 0 Å². The lowest BCUT2D eigenvalue weighted by Crippen LogP contribution is -2.34. The highest BCUT2D eigenvalue weighted by atomic mass is 16.5. The molecule has 1 heterocycles. The van der Waals surface area contributed by atoms with Crippen LogP contribution in [-0.4, -0.2) is 19.1 Å². The van der Waals surface area contributed by atoms with Gasteiger partial charge in [-0.15, -0.1) is 0 Å². The van der Waals surface area contributed by atoms with Crippen LogP contribution in [0, 0.1) is 0 Å².